The molecule has 0 saturated carbocycles. The summed E-state index contributed by atoms with van der Waals surface area (Å²) in [4.78, 5) is 13.1. The highest BCUT2D eigenvalue weighted by Gasteiger charge is 2.44. The Bertz CT molecular complexity index is 1620. The predicted molar refractivity (Wildman–Crippen MR) is 327 cm³/mol. The molecule has 6 N–H and O–H groups in total. The van der Waals surface area contributed by atoms with Crippen molar-refractivity contribution in [3.8, 4) is 0 Å². The smallest absolute Gasteiger partial charge is 0.220 e. The minimum Gasteiger partial charge on any atom is -0.394 e. The van der Waals surface area contributed by atoms with E-state index in [-0.39, 0.29) is 12.5 Å². The van der Waals surface area contributed by atoms with Gasteiger partial charge in [-0.15, -0.1) is 0 Å². The SMILES string of the molecule is CC/C=C\C/C=C\C/C=C\C/C=C\C/C=C\C/C=C\C/C=C\C/C=C\C/C=C\C/C=C\CCCCCCCCC(=O)NC(COC1OC(CO)C(O)C(O)C1O)C(O)CCCCCCCCCCCCCCCCCCC. The molecular formula is C68H115NO8. The highest BCUT2D eigenvalue weighted by molar-refractivity contribution is 5.76. The van der Waals surface area contributed by atoms with E-state index in [0.717, 1.165) is 128 Å². The summed E-state index contributed by atoms with van der Waals surface area (Å²) in [5, 5.41) is 54.7. The molecule has 77 heavy (non-hydrogen) atoms. The summed E-state index contributed by atoms with van der Waals surface area (Å²) < 4.78 is 11.3. The molecule has 0 radical (unpaired) electrons. The second-order valence-electron chi connectivity index (χ2n) is 21.1. The van der Waals surface area contributed by atoms with Crippen molar-refractivity contribution in [2.75, 3.05) is 13.2 Å². The molecule has 0 aliphatic carbocycles. The quantitative estimate of drug-likeness (QED) is 0.0261. The number of carbonyl (C=O) groups is 1. The monoisotopic (exact) mass is 1070 g/mol. The van der Waals surface area contributed by atoms with Crippen molar-refractivity contribution in [1.29, 1.82) is 0 Å². The van der Waals surface area contributed by atoms with Gasteiger partial charge in [-0.25, -0.2) is 0 Å². The largest absolute Gasteiger partial charge is 0.394 e. The number of carbonyl (C=O) groups excluding carboxylic acids is 1. The summed E-state index contributed by atoms with van der Waals surface area (Å²) >= 11 is 0. The fourth-order valence-corrected chi connectivity index (χ4v) is 9.19. The topological polar surface area (TPSA) is 149 Å². The average molecular weight is 1070 g/mol. The molecule has 1 heterocycles. The first-order chi connectivity index (χ1) is 37.8. The molecule has 9 nitrogen and oxygen atoms in total. The van der Waals surface area contributed by atoms with Crippen molar-refractivity contribution in [3.63, 3.8) is 0 Å². The Balaban J connectivity index is 2.19. The number of hydrogen-bond acceptors (Lipinski definition) is 8. The average Bonchev–Trinajstić information content (AvgIpc) is 3.43. The number of unbranched alkanes of at least 4 members (excludes halogenated alkanes) is 22. The van der Waals surface area contributed by atoms with Gasteiger partial charge in [0.1, 0.15) is 24.4 Å². The highest BCUT2D eigenvalue weighted by atomic mass is 16.7. The first kappa shape index (κ1) is 71.6. The Labute approximate surface area is 471 Å². The van der Waals surface area contributed by atoms with Gasteiger partial charge in [0, 0.05) is 6.42 Å². The fraction of sp³-hybridized carbons (Fsp3) is 0.691. The van der Waals surface area contributed by atoms with Crippen LogP contribution in [0.15, 0.2) is 122 Å². The third kappa shape index (κ3) is 45.1. The Morgan fingerprint density at radius 3 is 1.19 bits per heavy atom. The van der Waals surface area contributed by atoms with E-state index in [4.69, 9.17) is 9.47 Å². The molecule has 0 bridgehead atoms. The van der Waals surface area contributed by atoms with Crippen LogP contribution in [0.3, 0.4) is 0 Å². The molecule has 1 amide bonds. The molecule has 0 aromatic carbocycles. The van der Waals surface area contributed by atoms with E-state index in [1.165, 1.54) is 89.9 Å². The Hall–Kier alpha value is -3.41. The first-order valence-corrected chi connectivity index (χ1v) is 31.2. The second-order valence-corrected chi connectivity index (χ2v) is 21.1. The van der Waals surface area contributed by atoms with Crippen LogP contribution in [0.4, 0.5) is 0 Å². The first-order valence-electron chi connectivity index (χ1n) is 31.2. The Morgan fingerprint density at radius 2 is 0.805 bits per heavy atom. The minimum absolute atomic E-state index is 0.150. The lowest BCUT2D eigenvalue weighted by Crippen LogP contribution is -2.60. The molecule has 9 heteroatoms. The van der Waals surface area contributed by atoms with Crippen LogP contribution in [-0.4, -0.2) is 87.5 Å². The van der Waals surface area contributed by atoms with E-state index in [9.17, 15) is 30.3 Å². The third-order valence-electron chi connectivity index (χ3n) is 14.1. The second kappa shape index (κ2) is 55.9. The summed E-state index contributed by atoms with van der Waals surface area (Å²) in [7, 11) is 0. The zero-order valence-corrected chi connectivity index (χ0v) is 48.9. The number of aliphatic hydroxyl groups is 5. The number of hydrogen-bond donors (Lipinski definition) is 6. The maximum atomic E-state index is 13.1. The Morgan fingerprint density at radius 1 is 0.455 bits per heavy atom. The van der Waals surface area contributed by atoms with Crippen molar-refractivity contribution >= 4 is 5.91 Å². The van der Waals surface area contributed by atoms with Gasteiger partial charge in [-0.05, 0) is 89.9 Å². The normalized spacial score (nSPS) is 19.6. The molecule has 1 aliphatic rings. The molecule has 7 unspecified atom stereocenters. The lowest BCUT2D eigenvalue weighted by atomic mass is 9.99. The zero-order valence-electron chi connectivity index (χ0n) is 48.9. The van der Waals surface area contributed by atoms with Crippen molar-refractivity contribution in [1.82, 2.24) is 5.32 Å². The van der Waals surface area contributed by atoms with Crippen molar-refractivity contribution in [2.24, 2.45) is 0 Å². The minimum atomic E-state index is -1.56. The molecular weight excluding hydrogens is 959 g/mol. The van der Waals surface area contributed by atoms with Gasteiger partial charge in [0.25, 0.3) is 0 Å². The summed E-state index contributed by atoms with van der Waals surface area (Å²) in [5.41, 5.74) is 0. The Kier molecular flexibility index (Phi) is 52.0. The van der Waals surface area contributed by atoms with Crippen molar-refractivity contribution in [2.45, 2.75) is 288 Å². The lowest BCUT2D eigenvalue weighted by Gasteiger charge is -2.40. The molecule has 0 aromatic heterocycles. The van der Waals surface area contributed by atoms with Crippen LogP contribution in [0.5, 0.6) is 0 Å². The van der Waals surface area contributed by atoms with E-state index >= 15 is 0 Å². The van der Waals surface area contributed by atoms with Gasteiger partial charge < -0.3 is 40.3 Å². The number of amides is 1. The van der Waals surface area contributed by atoms with E-state index in [1.54, 1.807) is 0 Å². The van der Waals surface area contributed by atoms with Gasteiger partial charge in [-0.1, -0.05) is 270 Å². The van der Waals surface area contributed by atoms with Crippen LogP contribution in [0.1, 0.15) is 245 Å². The van der Waals surface area contributed by atoms with Crippen LogP contribution in [-0.2, 0) is 14.3 Å². The predicted octanol–water partition coefficient (Wildman–Crippen LogP) is 16.3. The van der Waals surface area contributed by atoms with E-state index < -0.39 is 49.5 Å². The molecule has 0 spiro atoms. The maximum Gasteiger partial charge on any atom is 0.220 e. The van der Waals surface area contributed by atoms with Crippen LogP contribution >= 0.6 is 0 Å². The van der Waals surface area contributed by atoms with Crippen molar-refractivity contribution in [3.05, 3.63) is 122 Å². The van der Waals surface area contributed by atoms with Crippen LogP contribution < -0.4 is 5.32 Å². The number of aliphatic hydroxyl groups excluding tert-OH is 5. The zero-order chi connectivity index (χ0) is 55.8. The molecule has 0 aromatic rings. The lowest BCUT2D eigenvalue weighted by molar-refractivity contribution is -0.302. The van der Waals surface area contributed by atoms with E-state index in [0.29, 0.717) is 12.8 Å². The van der Waals surface area contributed by atoms with Crippen LogP contribution in [0.2, 0.25) is 0 Å². The molecule has 7 atom stereocenters. The molecule has 1 fully saturated rings. The summed E-state index contributed by atoms with van der Waals surface area (Å²) in [6.45, 7) is 3.72. The fourth-order valence-electron chi connectivity index (χ4n) is 9.19. The summed E-state index contributed by atoms with van der Waals surface area (Å²) in [5.74, 6) is -0.162. The third-order valence-corrected chi connectivity index (χ3v) is 14.1. The number of allylic oxidation sites excluding steroid dienone is 20. The number of nitrogens with one attached hydrogen (secondary N) is 1. The van der Waals surface area contributed by atoms with E-state index in [2.05, 4.69) is 141 Å². The van der Waals surface area contributed by atoms with Gasteiger partial charge in [0.15, 0.2) is 6.29 Å². The van der Waals surface area contributed by atoms with Gasteiger partial charge in [-0.2, -0.15) is 0 Å². The maximum absolute atomic E-state index is 13.1. The van der Waals surface area contributed by atoms with Gasteiger partial charge >= 0.3 is 0 Å². The van der Waals surface area contributed by atoms with Crippen LogP contribution in [0.25, 0.3) is 0 Å². The number of rotatable bonds is 52. The van der Waals surface area contributed by atoms with Crippen molar-refractivity contribution < 1.29 is 39.8 Å². The van der Waals surface area contributed by atoms with Crippen LogP contribution in [0, 0.1) is 0 Å². The summed E-state index contributed by atoms with van der Waals surface area (Å²) in [6, 6.07) is -0.736. The highest BCUT2D eigenvalue weighted by Crippen LogP contribution is 2.23. The molecule has 440 valence electrons. The molecule has 1 saturated heterocycles. The molecule has 1 aliphatic heterocycles. The summed E-state index contributed by atoms with van der Waals surface area (Å²) in [6.07, 6.45) is 76.5. The molecule has 1 rings (SSSR count). The standard InChI is InChI=1S/C68H115NO8/c1-3-5-7-9-11-13-15-17-19-21-22-23-24-25-26-27-28-29-30-31-32-33-34-35-36-37-38-39-40-42-44-46-48-50-52-54-56-58-64(72)69-61(60-76-68-67(75)66(74)65(73)63(59-70)77-68)62(71)57-55-53-51-49-47-45-43-41-20-18-16-14-12-10-8-6-4-2/h5,7,11,13,17,19,22-23,25-26,28-29,31-32,34-35,37-38,40,42,61-63,65-68,70-71,73-75H,3-4,6,8-10,12,14-16,18,20-21,24,27,30,33,36,39,41,43-60H2,1-2H3,(H,69,72)/b7-5-,13-11-,19-17-,23-22-,26-25-,29-28-,32-31-,35-34-,38-37-,42-40-. The van der Waals surface area contributed by atoms with Gasteiger partial charge in [0.2, 0.25) is 5.91 Å². The number of ether oxygens (including phenoxy) is 2. The van der Waals surface area contributed by atoms with E-state index in [1.807, 2.05) is 0 Å². The van der Waals surface area contributed by atoms with Gasteiger partial charge in [-0.3, -0.25) is 4.79 Å². The van der Waals surface area contributed by atoms with Gasteiger partial charge in [0.05, 0.1) is 25.4 Å².